The second kappa shape index (κ2) is 7.18. The summed E-state index contributed by atoms with van der Waals surface area (Å²) in [6, 6.07) is 16.3. The third-order valence-electron chi connectivity index (χ3n) is 4.28. The summed E-state index contributed by atoms with van der Waals surface area (Å²) < 4.78 is 2.05. The van der Waals surface area contributed by atoms with E-state index in [1.807, 2.05) is 32.0 Å². The Balaban J connectivity index is 1.98. The third kappa shape index (κ3) is 3.41. The Morgan fingerprint density at radius 1 is 0.923 bits per heavy atom. The van der Waals surface area contributed by atoms with E-state index in [9.17, 15) is 9.59 Å². The van der Waals surface area contributed by atoms with E-state index in [1.165, 1.54) is 6.92 Å². The number of nitrogens with zero attached hydrogens (tertiary/aromatic N) is 1. The van der Waals surface area contributed by atoms with Gasteiger partial charge in [-0.15, -0.1) is 0 Å². The molecule has 0 atom stereocenters. The van der Waals surface area contributed by atoms with Crippen LogP contribution in [0.2, 0.25) is 5.02 Å². The van der Waals surface area contributed by atoms with Gasteiger partial charge in [-0.25, -0.2) is 0 Å². The predicted octanol–water partition coefficient (Wildman–Crippen LogP) is 5.20. The fraction of sp³-hybridized carbons (Fsp3) is 0.143. The van der Waals surface area contributed by atoms with Gasteiger partial charge in [-0.1, -0.05) is 23.7 Å². The number of hydrogen-bond donors (Lipinski definition) is 1. The Labute approximate surface area is 157 Å². The van der Waals surface area contributed by atoms with Crippen LogP contribution in [0.1, 0.15) is 39.0 Å². The summed E-state index contributed by atoms with van der Waals surface area (Å²) in [7, 11) is 0. The number of aromatic nitrogens is 1. The Bertz CT molecular complexity index is 985. The van der Waals surface area contributed by atoms with E-state index >= 15 is 0 Å². The third-order valence-corrected chi connectivity index (χ3v) is 4.61. The van der Waals surface area contributed by atoms with Crippen LogP contribution >= 0.6 is 11.6 Å². The lowest BCUT2D eigenvalue weighted by atomic mass is 10.1. The van der Waals surface area contributed by atoms with Crippen LogP contribution in [-0.2, 0) is 0 Å². The van der Waals surface area contributed by atoms with Crippen LogP contribution in [0.5, 0.6) is 0 Å². The van der Waals surface area contributed by atoms with Gasteiger partial charge >= 0.3 is 0 Å². The second-order valence-electron chi connectivity index (χ2n) is 6.17. The van der Waals surface area contributed by atoms with Crippen molar-refractivity contribution in [1.29, 1.82) is 0 Å². The molecule has 0 aliphatic carbocycles. The highest BCUT2D eigenvalue weighted by Crippen LogP contribution is 2.25. The quantitative estimate of drug-likeness (QED) is 0.645. The van der Waals surface area contributed by atoms with E-state index in [-0.39, 0.29) is 11.7 Å². The van der Waals surface area contributed by atoms with Gasteiger partial charge in [0, 0.05) is 22.6 Å². The van der Waals surface area contributed by atoms with E-state index in [2.05, 4.69) is 9.88 Å². The number of rotatable bonds is 4. The second-order valence-corrected chi connectivity index (χ2v) is 6.58. The summed E-state index contributed by atoms with van der Waals surface area (Å²) in [6.07, 6.45) is 0. The number of benzene rings is 2. The van der Waals surface area contributed by atoms with Crippen LogP contribution in [0.15, 0.2) is 54.6 Å². The molecule has 26 heavy (non-hydrogen) atoms. The van der Waals surface area contributed by atoms with E-state index in [1.54, 1.807) is 36.4 Å². The molecule has 0 fully saturated rings. The van der Waals surface area contributed by atoms with Gasteiger partial charge < -0.3 is 9.88 Å². The molecule has 0 bridgehead atoms. The number of hydrogen-bond acceptors (Lipinski definition) is 2. The molecule has 0 unspecified atom stereocenters. The highest BCUT2D eigenvalue weighted by Gasteiger charge is 2.16. The van der Waals surface area contributed by atoms with Gasteiger partial charge in [-0.3, -0.25) is 9.59 Å². The molecule has 0 saturated heterocycles. The molecule has 0 aliphatic heterocycles. The highest BCUT2D eigenvalue weighted by atomic mass is 35.5. The molecule has 3 aromatic rings. The molecule has 0 aliphatic rings. The molecule has 1 heterocycles. The summed E-state index contributed by atoms with van der Waals surface area (Å²) in [6.45, 7) is 5.48. The molecule has 0 spiro atoms. The van der Waals surface area contributed by atoms with E-state index in [0.717, 1.165) is 17.1 Å². The zero-order valence-corrected chi connectivity index (χ0v) is 15.6. The first-order chi connectivity index (χ1) is 12.4. The molecule has 132 valence electrons. The lowest BCUT2D eigenvalue weighted by Crippen LogP contribution is -2.15. The first-order valence-electron chi connectivity index (χ1n) is 8.24. The number of amides is 1. The minimum Gasteiger partial charge on any atom is -0.321 e. The summed E-state index contributed by atoms with van der Waals surface area (Å²) in [5.41, 5.74) is 4.29. The van der Waals surface area contributed by atoms with E-state index in [4.69, 9.17) is 11.6 Å². The van der Waals surface area contributed by atoms with Crippen molar-refractivity contribution in [2.75, 3.05) is 5.32 Å². The van der Waals surface area contributed by atoms with Gasteiger partial charge in [-0.05, 0) is 63.2 Å². The molecular weight excluding hydrogens is 348 g/mol. The van der Waals surface area contributed by atoms with Gasteiger partial charge in [0.05, 0.1) is 16.3 Å². The number of carbonyl (C=O) groups excluding carboxylic acids is 2. The minimum atomic E-state index is -0.354. The molecule has 4 nitrogen and oxygen atoms in total. The summed E-state index contributed by atoms with van der Waals surface area (Å²) >= 11 is 6.26. The maximum Gasteiger partial charge on any atom is 0.257 e. The number of ketones is 1. The Morgan fingerprint density at radius 2 is 1.58 bits per heavy atom. The standard InChI is InChI=1S/C21H19ClN2O2/c1-13-8-9-14(2)24(13)16-10-11-19(22)18(12-16)21(26)23-20-7-5-4-6-17(20)15(3)25/h4-12H,1-3H3,(H,23,26). The maximum atomic E-state index is 12.8. The first-order valence-corrected chi connectivity index (χ1v) is 8.62. The maximum absolute atomic E-state index is 12.8. The Hall–Kier alpha value is -2.85. The molecule has 1 aromatic heterocycles. The monoisotopic (exact) mass is 366 g/mol. The SMILES string of the molecule is CC(=O)c1ccccc1NC(=O)c1cc(-n2c(C)ccc2C)ccc1Cl. The molecule has 1 N–H and O–H groups in total. The average molecular weight is 367 g/mol. The van der Waals surface area contributed by atoms with Gasteiger partial charge in [0.25, 0.3) is 5.91 Å². The summed E-state index contributed by atoms with van der Waals surface area (Å²) in [4.78, 5) is 24.5. The van der Waals surface area contributed by atoms with Crippen molar-refractivity contribution in [2.45, 2.75) is 20.8 Å². The van der Waals surface area contributed by atoms with E-state index < -0.39 is 0 Å². The van der Waals surface area contributed by atoms with Crippen LogP contribution in [0, 0.1) is 13.8 Å². The molecule has 5 heteroatoms. The van der Waals surface area contributed by atoms with Crippen molar-refractivity contribution in [3.05, 3.63) is 82.1 Å². The average Bonchev–Trinajstić information content (AvgIpc) is 2.94. The number of carbonyl (C=O) groups is 2. The van der Waals surface area contributed by atoms with Crippen LogP contribution in [0.4, 0.5) is 5.69 Å². The molecule has 3 rings (SSSR count). The number of Topliss-reactive ketones (excluding diaryl/α,β-unsaturated/α-hetero) is 1. The molecule has 0 radical (unpaired) electrons. The van der Waals surface area contributed by atoms with Crippen molar-refractivity contribution in [3.8, 4) is 5.69 Å². The summed E-state index contributed by atoms with van der Waals surface area (Å²) in [5, 5.41) is 3.15. The number of halogens is 1. The van der Waals surface area contributed by atoms with Crippen molar-refractivity contribution in [3.63, 3.8) is 0 Å². The largest absolute Gasteiger partial charge is 0.321 e. The van der Waals surface area contributed by atoms with Crippen LogP contribution < -0.4 is 5.32 Å². The molecule has 0 saturated carbocycles. The molecule has 2 aromatic carbocycles. The van der Waals surface area contributed by atoms with Crippen LogP contribution in [0.3, 0.4) is 0 Å². The van der Waals surface area contributed by atoms with Crippen molar-refractivity contribution in [1.82, 2.24) is 4.57 Å². The number of para-hydroxylation sites is 1. The van der Waals surface area contributed by atoms with Gasteiger partial charge in [-0.2, -0.15) is 0 Å². The predicted molar refractivity (Wildman–Crippen MR) is 105 cm³/mol. The molecule has 1 amide bonds. The number of aryl methyl sites for hydroxylation is 2. The number of anilines is 1. The minimum absolute atomic E-state index is 0.112. The first kappa shape index (κ1) is 18.0. The van der Waals surface area contributed by atoms with Gasteiger partial charge in [0.2, 0.25) is 0 Å². The van der Waals surface area contributed by atoms with Gasteiger partial charge in [0.1, 0.15) is 0 Å². The lowest BCUT2D eigenvalue weighted by Gasteiger charge is -2.13. The Morgan fingerprint density at radius 3 is 2.23 bits per heavy atom. The fourth-order valence-electron chi connectivity index (χ4n) is 2.99. The molecular formula is C21H19ClN2O2. The zero-order valence-electron chi connectivity index (χ0n) is 14.8. The van der Waals surface area contributed by atoms with Crippen molar-refractivity contribution < 1.29 is 9.59 Å². The van der Waals surface area contributed by atoms with Crippen molar-refractivity contribution >= 4 is 29.0 Å². The Kier molecular flexibility index (Phi) is 4.96. The van der Waals surface area contributed by atoms with E-state index in [0.29, 0.717) is 21.8 Å². The van der Waals surface area contributed by atoms with Gasteiger partial charge in [0.15, 0.2) is 5.78 Å². The smallest absolute Gasteiger partial charge is 0.257 e. The normalized spacial score (nSPS) is 10.6. The van der Waals surface area contributed by atoms with Crippen LogP contribution in [0.25, 0.3) is 5.69 Å². The summed E-state index contributed by atoms with van der Waals surface area (Å²) in [5.74, 6) is -0.465. The highest BCUT2D eigenvalue weighted by molar-refractivity contribution is 6.34. The van der Waals surface area contributed by atoms with Crippen molar-refractivity contribution in [2.24, 2.45) is 0 Å². The lowest BCUT2D eigenvalue weighted by molar-refractivity contribution is 0.101. The number of nitrogens with one attached hydrogen (secondary N) is 1. The zero-order chi connectivity index (χ0) is 18.8. The fourth-order valence-corrected chi connectivity index (χ4v) is 3.19. The van der Waals surface area contributed by atoms with Crippen LogP contribution in [-0.4, -0.2) is 16.3 Å². The topological polar surface area (TPSA) is 51.1 Å².